The number of anilines is 1. The number of hydrogen-bond acceptors (Lipinski definition) is 5. The molecule has 2 rings (SSSR count). The molecule has 1 unspecified atom stereocenters. The molecule has 7 nitrogen and oxygen atoms in total. The number of piperidine rings is 1. The molecule has 0 saturated carbocycles. The zero-order valence-corrected chi connectivity index (χ0v) is 12.1. The van der Waals surface area contributed by atoms with Crippen LogP contribution >= 0.6 is 0 Å². The second-order valence-electron chi connectivity index (χ2n) is 5.20. The molecule has 2 N–H and O–H groups in total. The van der Waals surface area contributed by atoms with Crippen LogP contribution in [-0.4, -0.2) is 51.5 Å². The summed E-state index contributed by atoms with van der Waals surface area (Å²) < 4.78 is 0. The SMILES string of the molecule is CC(=O)N1CCCC(c2cncc(NCCC(=O)O)n2)C1. The molecule has 1 aromatic rings. The van der Waals surface area contributed by atoms with Gasteiger partial charge in [0.25, 0.3) is 0 Å². The van der Waals surface area contributed by atoms with Crippen molar-refractivity contribution in [3.05, 3.63) is 18.1 Å². The summed E-state index contributed by atoms with van der Waals surface area (Å²) in [5.41, 5.74) is 0.848. The Morgan fingerprint density at radius 1 is 1.48 bits per heavy atom. The number of likely N-dealkylation sites (tertiary alicyclic amines) is 1. The van der Waals surface area contributed by atoms with Crippen LogP contribution in [0.5, 0.6) is 0 Å². The summed E-state index contributed by atoms with van der Waals surface area (Å²) in [6.07, 6.45) is 5.28. The number of carboxylic acids is 1. The molecule has 0 bridgehead atoms. The van der Waals surface area contributed by atoms with Gasteiger partial charge in [0.05, 0.1) is 18.3 Å². The largest absolute Gasteiger partial charge is 0.481 e. The molecule has 1 atom stereocenters. The average Bonchev–Trinajstić information content (AvgIpc) is 2.47. The lowest BCUT2D eigenvalue weighted by molar-refractivity contribution is -0.136. The number of hydrogen-bond donors (Lipinski definition) is 2. The number of rotatable bonds is 5. The monoisotopic (exact) mass is 292 g/mol. The van der Waals surface area contributed by atoms with Crippen LogP contribution in [-0.2, 0) is 9.59 Å². The highest BCUT2D eigenvalue weighted by Gasteiger charge is 2.24. The molecular formula is C14H20N4O3. The molecule has 1 aromatic heterocycles. The highest BCUT2D eigenvalue weighted by Crippen LogP contribution is 2.25. The summed E-state index contributed by atoms with van der Waals surface area (Å²) in [5.74, 6) is 0.00413. The first-order chi connectivity index (χ1) is 10.1. The summed E-state index contributed by atoms with van der Waals surface area (Å²) in [6.45, 7) is 3.37. The Morgan fingerprint density at radius 2 is 2.29 bits per heavy atom. The van der Waals surface area contributed by atoms with Crippen molar-refractivity contribution < 1.29 is 14.7 Å². The number of nitrogens with zero attached hydrogens (tertiary/aromatic N) is 3. The first-order valence-corrected chi connectivity index (χ1v) is 7.09. The predicted octanol–water partition coefficient (Wildman–Crippen LogP) is 1.09. The van der Waals surface area contributed by atoms with Crippen LogP contribution in [0, 0.1) is 0 Å². The zero-order valence-electron chi connectivity index (χ0n) is 12.1. The van der Waals surface area contributed by atoms with Gasteiger partial charge in [-0.15, -0.1) is 0 Å². The molecule has 1 aliphatic heterocycles. The summed E-state index contributed by atoms with van der Waals surface area (Å²) in [4.78, 5) is 32.4. The van der Waals surface area contributed by atoms with E-state index in [-0.39, 0.29) is 18.2 Å². The number of amides is 1. The summed E-state index contributed by atoms with van der Waals surface area (Å²) >= 11 is 0. The minimum atomic E-state index is -0.851. The number of aromatic nitrogens is 2. The smallest absolute Gasteiger partial charge is 0.305 e. The van der Waals surface area contributed by atoms with E-state index in [2.05, 4.69) is 15.3 Å². The number of nitrogens with one attached hydrogen (secondary N) is 1. The maximum absolute atomic E-state index is 11.5. The molecule has 114 valence electrons. The van der Waals surface area contributed by atoms with Crippen LogP contribution in [0.1, 0.15) is 37.8 Å². The van der Waals surface area contributed by atoms with Crippen LogP contribution in [0.2, 0.25) is 0 Å². The van der Waals surface area contributed by atoms with E-state index in [9.17, 15) is 9.59 Å². The third-order valence-corrected chi connectivity index (χ3v) is 3.58. The van der Waals surface area contributed by atoms with Gasteiger partial charge in [-0.2, -0.15) is 0 Å². The normalized spacial score (nSPS) is 18.3. The lowest BCUT2D eigenvalue weighted by atomic mass is 9.95. The van der Waals surface area contributed by atoms with Crippen molar-refractivity contribution >= 4 is 17.7 Å². The highest BCUT2D eigenvalue weighted by atomic mass is 16.4. The Balaban J connectivity index is 1.99. The van der Waals surface area contributed by atoms with E-state index in [0.717, 1.165) is 25.1 Å². The molecule has 0 radical (unpaired) electrons. The molecule has 0 aromatic carbocycles. The minimum absolute atomic E-state index is 0.0352. The molecule has 2 heterocycles. The quantitative estimate of drug-likeness (QED) is 0.843. The third kappa shape index (κ3) is 4.40. The van der Waals surface area contributed by atoms with Gasteiger partial charge in [0, 0.05) is 38.7 Å². The Bertz CT molecular complexity index is 521. The first kappa shape index (κ1) is 15.2. The first-order valence-electron chi connectivity index (χ1n) is 7.09. The van der Waals surface area contributed by atoms with Crippen molar-refractivity contribution in [1.29, 1.82) is 0 Å². The molecular weight excluding hydrogens is 272 g/mol. The highest BCUT2D eigenvalue weighted by molar-refractivity contribution is 5.73. The van der Waals surface area contributed by atoms with Crippen LogP contribution in [0.3, 0.4) is 0 Å². The van der Waals surface area contributed by atoms with Crippen molar-refractivity contribution in [3.63, 3.8) is 0 Å². The number of aliphatic carboxylic acids is 1. The van der Waals surface area contributed by atoms with Gasteiger partial charge in [0.15, 0.2) is 0 Å². The fraction of sp³-hybridized carbons (Fsp3) is 0.571. The Kier molecular flexibility index (Phi) is 5.08. The second-order valence-corrected chi connectivity index (χ2v) is 5.20. The third-order valence-electron chi connectivity index (χ3n) is 3.58. The number of carbonyl (C=O) groups excluding carboxylic acids is 1. The fourth-order valence-corrected chi connectivity index (χ4v) is 2.46. The topological polar surface area (TPSA) is 95.4 Å². The molecule has 1 fully saturated rings. The summed E-state index contributed by atoms with van der Waals surface area (Å²) in [6, 6.07) is 0. The van der Waals surface area contributed by atoms with Gasteiger partial charge in [-0.3, -0.25) is 14.6 Å². The van der Waals surface area contributed by atoms with Crippen molar-refractivity contribution in [1.82, 2.24) is 14.9 Å². The van der Waals surface area contributed by atoms with Gasteiger partial charge in [-0.05, 0) is 12.8 Å². The predicted molar refractivity (Wildman–Crippen MR) is 77.0 cm³/mol. The average molecular weight is 292 g/mol. The van der Waals surface area contributed by atoms with Gasteiger partial charge in [-0.1, -0.05) is 0 Å². The van der Waals surface area contributed by atoms with Crippen molar-refractivity contribution in [2.24, 2.45) is 0 Å². The molecule has 7 heteroatoms. The van der Waals surface area contributed by atoms with E-state index in [4.69, 9.17) is 5.11 Å². The Labute approximate surface area is 123 Å². The van der Waals surface area contributed by atoms with Crippen molar-refractivity contribution in [2.75, 3.05) is 25.0 Å². The van der Waals surface area contributed by atoms with Gasteiger partial charge < -0.3 is 15.3 Å². The number of carbonyl (C=O) groups is 2. The molecule has 1 amide bonds. The van der Waals surface area contributed by atoms with Gasteiger partial charge >= 0.3 is 5.97 Å². The lowest BCUT2D eigenvalue weighted by Crippen LogP contribution is -2.37. The van der Waals surface area contributed by atoms with E-state index < -0.39 is 5.97 Å². The van der Waals surface area contributed by atoms with Gasteiger partial charge in [-0.25, -0.2) is 4.98 Å². The lowest BCUT2D eigenvalue weighted by Gasteiger charge is -2.31. The standard InChI is InChI=1S/C14H20N4O3/c1-10(19)18-6-2-3-11(9-18)12-7-15-8-13(17-12)16-5-4-14(20)21/h7-8,11H,2-6,9H2,1H3,(H,16,17)(H,20,21). The van der Waals surface area contributed by atoms with Gasteiger partial charge in [0.1, 0.15) is 5.82 Å². The zero-order chi connectivity index (χ0) is 15.2. The number of carboxylic acid groups (broad SMARTS) is 1. The van der Waals surface area contributed by atoms with E-state index in [1.807, 2.05) is 4.90 Å². The minimum Gasteiger partial charge on any atom is -0.481 e. The van der Waals surface area contributed by atoms with Crippen LogP contribution < -0.4 is 5.32 Å². The molecule has 0 aliphatic carbocycles. The Morgan fingerprint density at radius 3 is 3.00 bits per heavy atom. The van der Waals surface area contributed by atoms with E-state index in [1.54, 1.807) is 19.3 Å². The molecule has 21 heavy (non-hydrogen) atoms. The maximum Gasteiger partial charge on any atom is 0.305 e. The van der Waals surface area contributed by atoms with E-state index in [1.165, 1.54) is 0 Å². The molecule has 1 aliphatic rings. The second kappa shape index (κ2) is 7.01. The molecule has 1 saturated heterocycles. The van der Waals surface area contributed by atoms with Crippen molar-refractivity contribution in [2.45, 2.75) is 32.1 Å². The van der Waals surface area contributed by atoms with Crippen LogP contribution in [0.25, 0.3) is 0 Å². The van der Waals surface area contributed by atoms with Gasteiger partial charge in [0.2, 0.25) is 5.91 Å². The molecule has 0 spiro atoms. The Hall–Kier alpha value is -2.18. The van der Waals surface area contributed by atoms with Crippen LogP contribution in [0.15, 0.2) is 12.4 Å². The van der Waals surface area contributed by atoms with E-state index in [0.29, 0.717) is 18.9 Å². The fourth-order valence-electron chi connectivity index (χ4n) is 2.46. The van der Waals surface area contributed by atoms with E-state index >= 15 is 0 Å². The maximum atomic E-state index is 11.5. The van der Waals surface area contributed by atoms with Crippen molar-refractivity contribution in [3.8, 4) is 0 Å². The van der Waals surface area contributed by atoms with Crippen LogP contribution in [0.4, 0.5) is 5.82 Å². The summed E-state index contributed by atoms with van der Waals surface area (Å²) in [5, 5.41) is 11.6. The summed E-state index contributed by atoms with van der Waals surface area (Å²) in [7, 11) is 0.